The van der Waals surface area contributed by atoms with Gasteiger partial charge in [-0.05, 0) is 20.8 Å². The molecule has 3 heterocycles. The number of nitrogens with zero attached hydrogens (tertiary/aromatic N) is 5. The first-order chi connectivity index (χ1) is 14.4. The molecule has 12 heteroatoms. The van der Waals surface area contributed by atoms with Crippen LogP contribution in [-0.4, -0.2) is 87.9 Å². The smallest absolute Gasteiger partial charge is 0.410 e. The molecule has 0 N–H and O–H groups in total. The van der Waals surface area contributed by atoms with Gasteiger partial charge in [0, 0.05) is 32.6 Å². The third-order valence-corrected chi connectivity index (χ3v) is 4.93. The Labute approximate surface area is 178 Å². The van der Waals surface area contributed by atoms with Crippen LogP contribution in [0.25, 0.3) is 0 Å². The highest BCUT2D eigenvalue weighted by Gasteiger charge is 2.38. The minimum Gasteiger partial charge on any atom is -0.444 e. The van der Waals surface area contributed by atoms with Crippen molar-refractivity contribution in [1.29, 1.82) is 0 Å². The van der Waals surface area contributed by atoms with Gasteiger partial charge < -0.3 is 14.5 Å². The summed E-state index contributed by atoms with van der Waals surface area (Å²) < 4.78 is 32.1. The molecule has 0 saturated heterocycles. The van der Waals surface area contributed by atoms with Gasteiger partial charge in [-0.3, -0.25) is 19.1 Å². The van der Waals surface area contributed by atoms with Gasteiger partial charge in [0.05, 0.1) is 25.3 Å². The van der Waals surface area contributed by atoms with E-state index in [0.29, 0.717) is 24.2 Å². The summed E-state index contributed by atoms with van der Waals surface area (Å²) in [5.74, 6) is -1.22. The van der Waals surface area contributed by atoms with Gasteiger partial charge >= 0.3 is 6.09 Å². The minimum absolute atomic E-state index is 0.114. The normalized spacial score (nSPS) is 19.1. The van der Waals surface area contributed by atoms with Gasteiger partial charge in [0.2, 0.25) is 0 Å². The Kier molecular flexibility index (Phi) is 6.21. The lowest BCUT2D eigenvalue weighted by molar-refractivity contribution is -0.177. The van der Waals surface area contributed by atoms with E-state index in [4.69, 9.17) is 9.57 Å². The van der Waals surface area contributed by atoms with E-state index in [9.17, 15) is 23.2 Å². The van der Waals surface area contributed by atoms with Gasteiger partial charge in [-0.25, -0.2) is 18.6 Å². The summed E-state index contributed by atoms with van der Waals surface area (Å²) in [6.07, 6.45) is -3.96. The maximum absolute atomic E-state index is 13.0. The molecule has 1 unspecified atom stereocenters. The molecule has 0 spiro atoms. The fourth-order valence-corrected chi connectivity index (χ4v) is 3.52. The Morgan fingerprint density at radius 2 is 2.03 bits per heavy atom. The van der Waals surface area contributed by atoms with Crippen LogP contribution in [0.4, 0.5) is 13.6 Å². The Morgan fingerprint density at radius 1 is 1.35 bits per heavy atom. The van der Waals surface area contributed by atoms with Gasteiger partial charge in [0.25, 0.3) is 18.2 Å². The molecule has 2 aliphatic rings. The van der Waals surface area contributed by atoms with Crippen molar-refractivity contribution in [1.82, 2.24) is 24.6 Å². The molecule has 0 fully saturated rings. The van der Waals surface area contributed by atoms with E-state index in [1.165, 1.54) is 23.7 Å². The molecule has 1 aromatic heterocycles. The highest BCUT2D eigenvalue weighted by Crippen LogP contribution is 2.27. The van der Waals surface area contributed by atoms with Crippen molar-refractivity contribution in [2.45, 2.75) is 58.4 Å². The van der Waals surface area contributed by atoms with Gasteiger partial charge in [-0.2, -0.15) is 5.10 Å². The molecule has 1 aromatic rings. The van der Waals surface area contributed by atoms with E-state index in [0.717, 1.165) is 9.96 Å². The summed E-state index contributed by atoms with van der Waals surface area (Å²) in [5, 5.41) is 5.36. The molecule has 10 nitrogen and oxygen atoms in total. The fourth-order valence-electron chi connectivity index (χ4n) is 3.52. The standard InChI is InChI=1S/C19H27F2N5O5/c1-19(2,3)30-18(29)25-7-6-12-11(8-25)15-17(28)24(5)31-13(9-26(15)22-12)16(27)23(4)10-14(20)21/h13-14H,6-10H2,1-5H3. The molecular formula is C19H27F2N5O5. The first-order valence-electron chi connectivity index (χ1n) is 9.91. The average molecular weight is 443 g/mol. The maximum Gasteiger partial charge on any atom is 0.410 e. The van der Waals surface area contributed by atoms with Crippen LogP contribution in [0.15, 0.2) is 0 Å². The van der Waals surface area contributed by atoms with Crippen molar-refractivity contribution in [3.8, 4) is 0 Å². The SMILES string of the molecule is CN(CC(F)F)C(=O)C1Cn2nc3c(c2C(=O)N(C)O1)CN(C(=O)OC(C)(C)C)CC3. The molecule has 2 aliphatic heterocycles. The number of hydrogen-bond acceptors (Lipinski definition) is 6. The van der Waals surface area contributed by atoms with Crippen LogP contribution in [0.1, 0.15) is 42.5 Å². The number of alkyl halides is 2. The predicted molar refractivity (Wildman–Crippen MR) is 103 cm³/mol. The van der Waals surface area contributed by atoms with Gasteiger partial charge in [-0.15, -0.1) is 0 Å². The topological polar surface area (TPSA) is 97.2 Å². The molecule has 172 valence electrons. The molecule has 0 saturated carbocycles. The summed E-state index contributed by atoms with van der Waals surface area (Å²) in [7, 11) is 2.59. The van der Waals surface area contributed by atoms with Crippen molar-refractivity contribution >= 4 is 17.9 Å². The Morgan fingerprint density at radius 3 is 2.65 bits per heavy atom. The quantitative estimate of drug-likeness (QED) is 0.698. The van der Waals surface area contributed by atoms with Gasteiger partial charge in [-0.1, -0.05) is 0 Å². The Balaban J connectivity index is 1.86. The van der Waals surface area contributed by atoms with Crippen LogP contribution in [0.5, 0.6) is 0 Å². The number of carbonyl (C=O) groups excluding carboxylic acids is 3. The molecule has 0 aliphatic carbocycles. The second-order valence-electron chi connectivity index (χ2n) is 8.61. The van der Waals surface area contributed by atoms with Crippen LogP contribution < -0.4 is 0 Å². The van der Waals surface area contributed by atoms with Gasteiger partial charge in [0.1, 0.15) is 11.3 Å². The second kappa shape index (κ2) is 8.40. The lowest BCUT2D eigenvalue weighted by Gasteiger charge is -2.30. The zero-order valence-corrected chi connectivity index (χ0v) is 18.2. The zero-order valence-electron chi connectivity index (χ0n) is 18.2. The first-order valence-corrected chi connectivity index (χ1v) is 9.91. The number of likely N-dealkylation sites (N-methyl/N-ethyl adjacent to an activating group) is 1. The first kappa shape index (κ1) is 22.9. The van der Waals surface area contributed by atoms with E-state index >= 15 is 0 Å². The van der Waals surface area contributed by atoms with Crippen molar-refractivity contribution in [3.05, 3.63) is 17.0 Å². The van der Waals surface area contributed by atoms with Crippen LogP contribution in [-0.2, 0) is 33.9 Å². The number of aromatic nitrogens is 2. The highest BCUT2D eigenvalue weighted by atomic mass is 19.3. The minimum atomic E-state index is -2.69. The summed E-state index contributed by atoms with van der Waals surface area (Å²) in [4.78, 5) is 45.8. The molecule has 3 rings (SSSR count). The number of hydrogen-bond donors (Lipinski definition) is 0. The Hall–Kier alpha value is -2.76. The summed E-state index contributed by atoms with van der Waals surface area (Å²) in [6.45, 7) is 4.95. The number of amides is 3. The lowest BCUT2D eigenvalue weighted by Crippen LogP contribution is -2.44. The number of rotatable bonds is 3. The molecule has 3 amide bonds. The highest BCUT2D eigenvalue weighted by molar-refractivity contribution is 5.94. The van der Waals surface area contributed by atoms with Crippen molar-refractivity contribution < 1.29 is 32.7 Å². The summed E-state index contributed by atoms with van der Waals surface area (Å²) in [6, 6.07) is 0. The number of ether oxygens (including phenoxy) is 1. The van der Waals surface area contributed by atoms with Crippen LogP contribution >= 0.6 is 0 Å². The second-order valence-corrected chi connectivity index (χ2v) is 8.61. The summed E-state index contributed by atoms with van der Waals surface area (Å²) >= 11 is 0. The van der Waals surface area contributed by atoms with Crippen LogP contribution in [0.2, 0.25) is 0 Å². The van der Waals surface area contributed by atoms with E-state index in [2.05, 4.69) is 5.10 Å². The summed E-state index contributed by atoms with van der Waals surface area (Å²) in [5.41, 5.74) is 0.754. The molecule has 0 bridgehead atoms. The third-order valence-electron chi connectivity index (χ3n) is 4.93. The van der Waals surface area contributed by atoms with E-state index in [-0.39, 0.29) is 18.8 Å². The van der Waals surface area contributed by atoms with Gasteiger partial charge in [0.15, 0.2) is 6.10 Å². The molecule has 1 atom stereocenters. The molecule has 0 radical (unpaired) electrons. The lowest BCUT2D eigenvalue weighted by atomic mass is 10.1. The van der Waals surface area contributed by atoms with Crippen LogP contribution in [0.3, 0.4) is 0 Å². The maximum atomic E-state index is 13.0. The van der Waals surface area contributed by atoms with Crippen molar-refractivity contribution in [3.63, 3.8) is 0 Å². The van der Waals surface area contributed by atoms with E-state index < -0.39 is 42.6 Å². The molecule has 31 heavy (non-hydrogen) atoms. The van der Waals surface area contributed by atoms with Crippen molar-refractivity contribution in [2.75, 3.05) is 27.2 Å². The van der Waals surface area contributed by atoms with E-state index in [1.54, 1.807) is 20.8 Å². The number of hydroxylamine groups is 2. The number of fused-ring (bicyclic) bond motifs is 3. The Bertz CT molecular complexity index is 882. The third kappa shape index (κ3) is 4.94. The van der Waals surface area contributed by atoms with Crippen molar-refractivity contribution in [2.24, 2.45) is 0 Å². The molecule has 0 aromatic carbocycles. The predicted octanol–water partition coefficient (Wildman–Crippen LogP) is 1.29. The fraction of sp³-hybridized carbons (Fsp3) is 0.684. The number of carbonyl (C=O) groups is 3. The zero-order chi connectivity index (χ0) is 23.1. The molecular weight excluding hydrogens is 416 g/mol. The van der Waals surface area contributed by atoms with Crippen LogP contribution in [0, 0.1) is 0 Å². The largest absolute Gasteiger partial charge is 0.444 e. The average Bonchev–Trinajstić information content (AvgIpc) is 2.95. The monoisotopic (exact) mass is 443 g/mol. The number of halogens is 2. The van der Waals surface area contributed by atoms with E-state index in [1.807, 2.05) is 0 Å².